The summed E-state index contributed by atoms with van der Waals surface area (Å²) in [6.07, 6.45) is 6.10. The molecule has 3 rings (SSSR count). The molecule has 3 aromatic heterocycles. The second kappa shape index (κ2) is 4.38. The Morgan fingerprint density at radius 2 is 2.22 bits per heavy atom. The van der Waals surface area contributed by atoms with Crippen molar-refractivity contribution < 1.29 is 0 Å². The molecule has 2 N–H and O–H groups in total. The number of anilines is 1. The first-order chi connectivity index (χ1) is 8.78. The van der Waals surface area contributed by atoms with Crippen LogP contribution in [0.2, 0.25) is 0 Å². The molecule has 0 atom stereocenters. The van der Waals surface area contributed by atoms with E-state index in [2.05, 4.69) is 32.9 Å². The molecule has 3 heterocycles. The monoisotopic (exact) mass is 259 g/mol. The molecule has 0 fully saturated rings. The van der Waals surface area contributed by atoms with Crippen molar-refractivity contribution in [1.29, 1.82) is 0 Å². The quantitative estimate of drug-likeness (QED) is 0.730. The Morgan fingerprint density at radius 3 is 3.00 bits per heavy atom. The highest BCUT2D eigenvalue weighted by molar-refractivity contribution is 7.98. The summed E-state index contributed by atoms with van der Waals surface area (Å²) in [6.45, 7) is 0.691. The van der Waals surface area contributed by atoms with Crippen molar-refractivity contribution in [3.63, 3.8) is 0 Å². The molecule has 0 saturated heterocycles. The van der Waals surface area contributed by atoms with Crippen molar-refractivity contribution in [3.8, 4) is 0 Å². The van der Waals surface area contributed by atoms with Gasteiger partial charge >= 0.3 is 0 Å². The van der Waals surface area contributed by atoms with Gasteiger partial charge in [-0.2, -0.15) is 0 Å². The molecule has 18 heavy (non-hydrogen) atoms. The number of nitrogens with two attached hydrogens (primary N) is 1. The van der Waals surface area contributed by atoms with Gasteiger partial charge in [0.15, 0.2) is 5.16 Å². The minimum absolute atomic E-state index is 0.453. The van der Waals surface area contributed by atoms with E-state index in [4.69, 9.17) is 5.73 Å². The van der Waals surface area contributed by atoms with Gasteiger partial charge in [0.05, 0.1) is 6.54 Å². The molecule has 3 aromatic rings. The third-order valence-electron chi connectivity index (χ3n) is 2.83. The van der Waals surface area contributed by atoms with E-state index in [-0.39, 0.29) is 0 Å². The fraction of sp³-hybridized carbons (Fsp3) is 0.167. The Balaban J connectivity index is 1.98. The van der Waals surface area contributed by atoms with Crippen LogP contribution < -0.4 is 5.73 Å². The lowest BCUT2D eigenvalue weighted by molar-refractivity contribution is 0.718. The lowest BCUT2D eigenvalue weighted by Crippen LogP contribution is -2.05. The molecule has 0 saturated carbocycles. The van der Waals surface area contributed by atoms with E-state index in [0.717, 1.165) is 5.16 Å². The molecule has 0 spiro atoms. The number of nitrogens with zero attached hydrogens (tertiary/aromatic N) is 4. The standard InChI is InChI=1S/C12H13N5S/c1-18-12-15-14-11(13)17(12)8-9-6-10-4-2-3-5-16(10)7-9/h2-7H,8H2,1H3,(H2,13,14). The maximum Gasteiger partial charge on any atom is 0.223 e. The van der Waals surface area contributed by atoms with E-state index in [1.807, 2.05) is 29.2 Å². The lowest BCUT2D eigenvalue weighted by Gasteiger charge is -2.04. The molecule has 0 bridgehead atoms. The van der Waals surface area contributed by atoms with E-state index in [9.17, 15) is 0 Å². The largest absolute Gasteiger partial charge is 0.368 e. The highest BCUT2D eigenvalue weighted by Gasteiger charge is 2.09. The van der Waals surface area contributed by atoms with Crippen molar-refractivity contribution >= 4 is 23.2 Å². The maximum absolute atomic E-state index is 5.83. The zero-order chi connectivity index (χ0) is 12.5. The second-order valence-electron chi connectivity index (χ2n) is 4.01. The van der Waals surface area contributed by atoms with Crippen molar-refractivity contribution in [2.24, 2.45) is 0 Å². The van der Waals surface area contributed by atoms with Crippen LogP contribution in [-0.2, 0) is 6.54 Å². The molecule has 0 amide bonds. The summed E-state index contributed by atoms with van der Waals surface area (Å²) in [5.74, 6) is 0.453. The Kier molecular flexibility index (Phi) is 2.71. The van der Waals surface area contributed by atoms with Gasteiger partial charge in [0.25, 0.3) is 0 Å². The zero-order valence-electron chi connectivity index (χ0n) is 9.95. The number of pyridine rings is 1. The minimum atomic E-state index is 0.453. The van der Waals surface area contributed by atoms with Gasteiger partial charge in [0.1, 0.15) is 0 Å². The molecule has 6 heteroatoms. The third kappa shape index (κ3) is 1.84. The Labute approximate surface area is 109 Å². The Morgan fingerprint density at radius 1 is 1.33 bits per heavy atom. The van der Waals surface area contributed by atoms with Crippen LogP contribution in [0.3, 0.4) is 0 Å². The normalized spacial score (nSPS) is 11.2. The summed E-state index contributed by atoms with van der Waals surface area (Å²) < 4.78 is 4.01. The first-order valence-corrected chi connectivity index (χ1v) is 6.78. The molecule has 5 nitrogen and oxygen atoms in total. The average molecular weight is 259 g/mol. The van der Waals surface area contributed by atoms with Crippen molar-refractivity contribution in [2.75, 3.05) is 12.0 Å². The van der Waals surface area contributed by atoms with Gasteiger partial charge in [-0.1, -0.05) is 17.8 Å². The summed E-state index contributed by atoms with van der Waals surface area (Å²) in [5.41, 5.74) is 8.18. The topological polar surface area (TPSA) is 61.1 Å². The fourth-order valence-electron chi connectivity index (χ4n) is 1.98. The Hall–Kier alpha value is -1.95. The summed E-state index contributed by atoms with van der Waals surface area (Å²) in [6, 6.07) is 8.26. The smallest absolute Gasteiger partial charge is 0.223 e. The van der Waals surface area contributed by atoms with E-state index >= 15 is 0 Å². The summed E-state index contributed by atoms with van der Waals surface area (Å²) in [4.78, 5) is 0. The molecule has 92 valence electrons. The summed E-state index contributed by atoms with van der Waals surface area (Å²) in [7, 11) is 0. The van der Waals surface area contributed by atoms with E-state index in [0.29, 0.717) is 12.5 Å². The highest BCUT2D eigenvalue weighted by atomic mass is 32.2. The van der Waals surface area contributed by atoms with E-state index in [1.54, 1.807) is 11.8 Å². The maximum atomic E-state index is 5.83. The van der Waals surface area contributed by atoms with Crippen LogP contribution in [0, 0.1) is 0 Å². The number of nitrogen functional groups attached to an aromatic ring is 1. The predicted octanol–water partition coefficient (Wildman–Crippen LogP) is 1.88. The molecule has 0 unspecified atom stereocenters. The lowest BCUT2D eigenvalue weighted by atomic mass is 10.3. The first kappa shape index (κ1) is 11.2. The molecule has 0 aliphatic carbocycles. The van der Waals surface area contributed by atoms with Crippen molar-refractivity contribution in [3.05, 3.63) is 42.2 Å². The average Bonchev–Trinajstić information content (AvgIpc) is 2.94. The molecule has 0 aliphatic heterocycles. The molecule has 0 aromatic carbocycles. The first-order valence-electron chi connectivity index (χ1n) is 5.56. The fourth-order valence-corrected chi connectivity index (χ4v) is 2.48. The van der Waals surface area contributed by atoms with Gasteiger partial charge in [-0.15, -0.1) is 10.2 Å². The minimum Gasteiger partial charge on any atom is -0.368 e. The number of hydrogen-bond donors (Lipinski definition) is 1. The van der Waals surface area contributed by atoms with Crippen LogP contribution in [0.25, 0.3) is 5.52 Å². The van der Waals surface area contributed by atoms with Crippen LogP contribution in [0.4, 0.5) is 5.95 Å². The summed E-state index contributed by atoms with van der Waals surface area (Å²) in [5, 5.41) is 8.76. The van der Waals surface area contributed by atoms with Gasteiger partial charge < -0.3 is 10.1 Å². The van der Waals surface area contributed by atoms with Crippen LogP contribution >= 0.6 is 11.8 Å². The van der Waals surface area contributed by atoms with Gasteiger partial charge in [-0.05, 0) is 30.0 Å². The SMILES string of the molecule is CSc1nnc(N)n1Cc1cc2ccccn2c1. The predicted molar refractivity (Wildman–Crippen MR) is 72.7 cm³/mol. The number of rotatable bonds is 3. The second-order valence-corrected chi connectivity index (χ2v) is 4.79. The van der Waals surface area contributed by atoms with E-state index in [1.165, 1.54) is 11.1 Å². The molecule has 0 aliphatic rings. The highest BCUT2D eigenvalue weighted by Crippen LogP contribution is 2.18. The number of fused-ring (bicyclic) bond motifs is 1. The molecular formula is C12H13N5S. The number of hydrogen-bond acceptors (Lipinski definition) is 4. The summed E-state index contributed by atoms with van der Waals surface area (Å²) >= 11 is 1.54. The molecule has 0 radical (unpaired) electrons. The van der Waals surface area contributed by atoms with Gasteiger partial charge in [-0.25, -0.2) is 0 Å². The Bertz CT molecular complexity index is 652. The van der Waals surface area contributed by atoms with Crippen LogP contribution in [-0.4, -0.2) is 25.4 Å². The molecular weight excluding hydrogens is 246 g/mol. The van der Waals surface area contributed by atoms with Crippen molar-refractivity contribution in [2.45, 2.75) is 11.7 Å². The van der Waals surface area contributed by atoms with Gasteiger partial charge in [0, 0.05) is 17.9 Å². The van der Waals surface area contributed by atoms with Crippen LogP contribution in [0.15, 0.2) is 41.8 Å². The van der Waals surface area contributed by atoms with E-state index < -0.39 is 0 Å². The van der Waals surface area contributed by atoms with Crippen LogP contribution in [0.1, 0.15) is 5.56 Å². The third-order valence-corrected chi connectivity index (χ3v) is 3.50. The van der Waals surface area contributed by atoms with Crippen LogP contribution in [0.5, 0.6) is 0 Å². The van der Waals surface area contributed by atoms with Gasteiger partial charge in [-0.3, -0.25) is 4.57 Å². The number of aromatic nitrogens is 4. The van der Waals surface area contributed by atoms with Crippen molar-refractivity contribution in [1.82, 2.24) is 19.2 Å². The number of thioether (sulfide) groups is 1. The zero-order valence-corrected chi connectivity index (χ0v) is 10.8. The van der Waals surface area contributed by atoms with Gasteiger partial charge in [0.2, 0.25) is 5.95 Å².